The molecule has 3 fully saturated rings. The molecule has 15 heavy (non-hydrogen) atoms. The van der Waals surface area contributed by atoms with E-state index in [1.807, 2.05) is 0 Å². The van der Waals surface area contributed by atoms with Crippen LogP contribution in [0.2, 0.25) is 0 Å². The molecule has 2 heterocycles. The average Bonchev–Trinajstić information content (AvgIpc) is 2.91. The highest BCUT2D eigenvalue weighted by Crippen LogP contribution is 2.41. The van der Waals surface area contributed by atoms with Gasteiger partial charge in [-0.1, -0.05) is 0 Å². The minimum Gasteiger partial charge on any atom is -0.396 e. The third-order valence-corrected chi connectivity index (χ3v) is 3.74. The van der Waals surface area contributed by atoms with Crippen LogP contribution >= 0.6 is 0 Å². The van der Waals surface area contributed by atoms with Crippen LogP contribution in [0.15, 0.2) is 0 Å². The summed E-state index contributed by atoms with van der Waals surface area (Å²) in [6.45, 7) is 1.13. The van der Waals surface area contributed by atoms with Crippen LogP contribution in [0.3, 0.4) is 0 Å². The molecule has 1 aliphatic carbocycles. The van der Waals surface area contributed by atoms with Crippen molar-refractivity contribution >= 4 is 0 Å². The van der Waals surface area contributed by atoms with Crippen LogP contribution in [0.1, 0.15) is 25.7 Å². The van der Waals surface area contributed by atoms with Crippen LogP contribution in [0, 0.1) is 11.8 Å². The molecule has 0 radical (unpaired) electrons. The summed E-state index contributed by atoms with van der Waals surface area (Å²) in [5, 5.41) is 9.02. The van der Waals surface area contributed by atoms with Crippen LogP contribution in [0.25, 0.3) is 0 Å². The fraction of sp³-hybridized carbons (Fsp3) is 1.00. The molecule has 1 saturated carbocycles. The summed E-state index contributed by atoms with van der Waals surface area (Å²) in [6, 6.07) is 0. The normalized spacial score (nSPS) is 48.2. The molecule has 0 bridgehead atoms. The van der Waals surface area contributed by atoms with Crippen molar-refractivity contribution in [3.05, 3.63) is 0 Å². The van der Waals surface area contributed by atoms with Gasteiger partial charge in [0, 0.05) is 6.61 Å². The molecule has 3 unspecified atom stereocenters. The highest BCUT2D eigenvalue weighted by atomic mass is 16.9. The predicted octanol–water partition coefficient (Wildman–Crippen LogP) is 0.883. The van der Waals surface area contributed by atoms with E-state index in [2.05, 4.69) is 0 Å². The minimum atomic E-state index is -0.0921. The lowest BCUT2D eigenvalue weighted by atomic mass is 9.83. The Kier molecular flexibility index (Phi) is 2.68. The summed E-state index contributed by atoms with van der Waals surface area (Å²) in [5.41, 5.74) is 0. The maximum absolute atomic E-state index is 9.02. The molecule has 3 atom stereocenters. The summed E-state index contributed by atoms with van der Waals surface area (Å²) in [5.74, 6) is 1.17. The lowest BCUT2D eigenvalue weighted by molar-refractivity contribution is -0.208. The molecule has 0 aromatic carbocycles. The monoisotopic (exact) mass is 214 g/mol. The third-order valence-electron chi connectivity index (χ3n) is 3.74. The molecule has 3 aliphatic rings. The van der Waals surface area contributed by atoms with E-state index in [9.17, 15) is 0 Å². The lowest BCUT2D eigenvalue weighted by Crippen LogP contribution is -2.37. The molecule has 3 rings (SSSR count). The van der Waals surface area contributed by atoms with Gasteiger partial charge < -0.3 is 19.3 Å². The highest BCUT2D eigenvalue weighted by Gasteiger charge is 2.59. The molecular formula is C11H18O4. The Balaban J connectivity index is 1.34. The molecule has 2 saturated heterocycles. The Labute approximate surface area is 89.5 Å². The molecule has 2 aliphatic heterocycles. The topological polar surface area (TPSA) is 51.2 Å². The van der Waals surface area contributed by atoms with Crippen molar-refractivity contribution < 1.29 is 19.3 Å². The van der Waals surface area contributed by atoms with Gasteiger partial charge in [0.1, 0.15) is 0 Å². The first-order valence-electron chi connectivity index (χ1n) is 5.90. The Bertz CT molecular complexity index is 225. The van der Waals surface area contributed by atoms with E-state index in [1.165, 1.54) is 12.8 Å². The fourth-order valence-electron chi connectivity index (χ4n) is 2.48. The van der Waals surface area contributed by atoms with Gasteiger partial charge in [-0.3, -0.25) is 0 Å². The number of aliphatic hydroxyl groups excluding tert-OH is 1. The van der Waals surface area contributed by atoms with Crippen molar-refractivity contribution in [2.24, 2.45) is 11.8 Å². The van der Waals surface area contributed by atoms with Crippen LogP contribution in [0.5, 0.6) is 0 Å². The van der Waals surface area contributed by atoms with Gasteiger partial charge in [0.25, 0.3) is 0 Å². The molecule has 0 aromatic heterocycles. The van der Waals surface area contributed by atoms with Gasteiger partial charge in [-0.05, 0) is 37.5 Å². The quantitative estimate of drug-likeness (QED) is 0.706. The zero-order chi connectivity index (χ0) is 10.3. The van der Waals surface area contributed by atoms with E-state index >= 15 is 0 Å². The van der Waals surface area contributed by atoms with Crippen molar-refractivity contribution in [1.29, 1.82) is 0 Å². The SMILES string of the molecule is OCC1CCC(COC2OC3OC23)CC1. The van der Waals surface area contributed by atoms with E-state index in [1.54, 1.807) is 0 Å². The van der Waals surface area contributed by atoms with E-state index in [-0.39, 0.29) is 18.7 Å². The van der Waals surface area contributed by atoms with Crippen molar-refractivity contribution in [3.8, 4) is 0 Å². The van der Waals surface area contributed by atoms with Crippen LogP contribution in [0.4, 0.5) is 0 Å². The second-order valence-electron chi connectivity index (χ2n) is 4.88. The first kappa shape index (κ1) is 10.0. The largest absolute Gasteiger partial charge is 0.396 e. The summed E-state index contributed by atoms with van der Waals surface area (Å²) in [7, 11) is 0. The Morgan fingerprint density at radius 1 is 1.07 bits per heavy atom. The maximum atomic E-state index is 9.02. The lowest BCUT2D eigenvalue weighted by Gasteiger charge is -2.29. The van der Waals surface area contributed by atoms with Gasteiger partial charge in [-0.25, -0.2) is 0 Å². The molecule has 86 valence electrons. The van der Waals surface area contributed by atoms with Gasteiger partial charge in [-0.2, -0.15) is 0 Å². The van der Waals surface area contributed by atoms with Crippen molar-refractivity contribution in [2.75, 3.05) is 13.2 Å². The Morgan fingerprint density at radius 3 is 2.33 bits per heavy atom. The van der Waals surface area contributed by atoms with Gasteiger partial charge >= 0.3 is 0 Å². The number of epoxide rings is 1. The average molecular weight is 214 g/mol. The van der Waals surface area contributed by atoms with E-state index < -0.39 is 0 Å². The van der Waals surface area contributed by atoms with Gasteiger partial charge in [0.15, 0.2) is 18.7 Å². The van der Waals surface area contributed by atoms with E-state index in [0.29, 0.717) is 18.4 Å². The maximum Gasteiger partial charge on any atom is 0.192 e. The number of hydrogen-bond donors (Lipinski definition) is 1. The Morgan fingerprint density at radius 2 is 1.80 bits per heavy atom. The highest BCUT2D eigenvalue weighted by molar-refractivity contribution is 4.90. The van der Waals surface area contributed by atoms with Gasteiger partial charge in [0.05, 0.1) is 6.61 Å². The standard InChI is InChI=1S/C11H18O4/c12-5-7-1-3-8(4-2-7)6-13-10-9-11(14-9)15-10/h7-12H,1-6H2. The molecule has 4 nitrogen and oxygen atoms in total. The summed E-state index contributed by atoms with van der Waals surface area (Å²) < 4.78 is 16.0. The third kappa shape index (κ3) is 2.04. The molecule has 0 spiro atoms. The first-order valence-corrected chi connectivity index (χ1v) is 5.90. The van der Waals surface area contributed by atoms with Crippen LogP contribution in [-0.2, 0) is 14.2 Å². The summed E-state index contributed by atoms with van der Waals surface area (Å²) >= 11 is 0. The van der Waals surface area contributed by atoms with Gasteiger partial charge in [0.2, 0.25) is 0 Å². The Hall–Kier alpha value is -0.160. The molecule has 1 N–H and O–H groups in total. The minimum absolute atomic E-state index is 0.0557. The number of fused-ring (bicyclic) bond motifs is 1. The predicted molar refractivity (Wildman–Crippen MR) is 52.0 cm³/mol. The van der Waals surface area contributed by atoms with E-state index in [0.717, 1.165) is 19.4 Å². The van der Waals surface area contributed by atoms with E-state index in [4.69, 9.17) is 19.3 Å². The summed E-state index contributed by atoms with van der Waals surface area (Å²) in [6.07, 6.45) is 4.82. The second kappa shape index (κ2) is 4.01. The van der Waals surface area contributed by atoms with Crippen molar-refractivity contribution in [2.45, 2.75) is 44.4 Å². The van der Waals surface area contributed by atoms with Crippen LogP contribution < -0.4 is 0 Å². The fourth-order valence-corrected chi connectivity index (χ4v) is 2.48. The number of aliphatic hydroxyl groups is 1. The second-order valence-corrected chi connectivity index (χ2v) is 4.88. The zero-order valence-corrected chi connectivity index (χ0v) is 8.80. The number of rotatable bonds is 4. The van der Waals surface area contributed by atoms with Crippen LogP contribution in [-0.4, -0.2) is 37.0 Å². The molecule has 4 heteroatoms. The molecule has 0 amide bonds. The summed E-state index contributed by atoms with van der Waals surface area (Å²) in [4.78, 5) is 0. The first-order chi connectivity index (χ1) is 7.36. The van der Waals surface area contributed by atoms with Crippen molar-refractivity contribution in [1.82, 2.24) is 0 Å². The molecular weight excluding hydrogens is 196 g/mol. The van der Waals surface area contributed by atoms with Crippen molar-refractivity contribution in [3.63, 3.8) is 0 Å². The number of ether oxygens (including phenoxy) is 3. The van der Waals surface area contributed by atoms with Gasteiger partial charge in [-0.15, -0.1) is 0 Å². The number of hydrogen-bond acceptors (Lipinski definition) is 4. The smallest absolute Gasteiger partial charge is 0.192 e. The molecule has 0 aromatic rings. The zero-order valence-electron chi connectivity index (χ0n) is 8.80.